The molecule has 444 valence electrons. The minimum Gasteiger partial charge on any atom is -0.495 e. The molecule has 8 rings (SSSR count). The van der Waals surface area contributed by atoms with E-state index >= 15 is 0 Å². The molecule has 0 aliphatic rings. The maximum absolute atomic E-state index is 12.6. The van der Waals surface area contributed by atoms with Crippen LogP contribution in [0.15, 0.2) is 110 Å². The third-order valence-corrected chi connectivity index (χ3v) is 19.2. The molecule has 3 heterocycles. The van der Waals surface area contributed by atoms with Crippen LogP contribution >= 0.6 is 23.1 Å². The number of nitrogens with zero attached hydrogens (tertiary/aromatic N) is 10. The number of aryl methyl sites for hydroxylation is 2. The van der Waals surface area contributed by atoms with Crippen molar-refractivity contribution in [2.45, 2.75) is 58.1 Å². The van der Waals surface area contributed by atoms with Crippen LogP contribution in [0.2, 0.25) is 0 Å². The summed E-state index contributed by atoms with van der Waals surface area (Å²) in [6.45, 7) is 4.18. The molecule has 39 heteroatoms. The van der Waals surface area contributed by atoms with Crippen molar-refractivity contribution in [3.8, 4) is 23.4 Å². The zero-order valence-corrected chi connectivity index (χ0v) is 49.6. The van der Waals surface area contributed by atoms with Gasteiger partial charge in [-0.05, 0) is 99.0 Å². The molecule has 0 atom stereocenters. The zero-order chi connectivity index (χ0) is 61.8. The SMILES string of the molecule is COc1ccc2c(nc3c(C#N)c(C)c(N=Nc4cc(C)c(N=Nc5cc(C)c(N=Nc6nc7c(S(=O)(=O)O)cc8c(S(=O)(=O)O)cc(S(=O)(=O)O)cc8c7s6)cc5SCCCS(=O)(=O)O)cc4OCCCS(=O)(=O)O)c(O)n32)c1S(=O)(=O)O. The fourth-order valence-electron chi connectivity index (χ4n) is 8.19. The van der Waals surface area contributed by atoms with Gasteiger partial charge in [-0.15, -0.1) is 37.3 Å². The second-order valence-corrected chi connectivity index (χ2v) is 28.6. The number of imidazole rings is 1. The third kappa shape index (κ3) is 13.6. The Balaban J connectivity index is 1.21. The quantitative estimate of drug-likeness (QED) is 0.0153. The first kappa shape index (κ1) is 62.7. The number of azo groups is 3. The standard InChI is InChI=1S/C45H40N10O21S8/c1-21-13-30(51-53-38-23(3)27(20-46)43-47-39-32(55(43)44(38)56)7-8-33(75-4)42(39)84(72,73)74)34(76-9-5-11-79(57,58)59)18-28(21)49-52-31-14-22(2)29(19-35(31)77-10-6-12-80(60,61)62)50-54-45-48-40-37(83(69,70)71)17-25-26(41(40)78-45)15-24(81(63,64)65)16-36(25)82(66,67)68/h7-8,13-19,56H,5-6,9-12H2,1-4H3,(H,57,58,59)(H,60,61,62)(H,63,64,65)(H,66,67,68)(H,69,70,71)(H,72,73,74). The number of aromatic nitrogens is 3. The van der Waals surface area contributed by atoms with Gasteiger partial charge in [0.2, 0.25) is 11.0 Å². The van der Waals surface area contributed by atoms with Gasteiger partial charge >= 0.3 is 0 Å². The molecular weight excluding hydrogens is 1270 g/mol. The monoisotopic (exact) mass is 1310 g/mol. The molecule has 0 spiro atoms. The van der Waals surface area contributed by atoms with E-state index in [1.54, 1.807) is 13.8 Å². The first-order chi connectivity index (χ1) is 39.0. The normalized spacial score (nSPS) is 13.2. The number of thiazole rings is 1. The van der Waals surface area contributed by atoms with E-state index < -0.39 is 109 Å². The molecular formula is C45H40N10O21S8. The minimum atomic E-state index is -5.32. The van der Waals surface area contributed by atoms with Gasteiger partial charge in [-0.1, -0.05) is 11.3 Å². The molecule has 3 aromatic heterocycles. The minimum absolute atomic E-state index is 0.0205. The lowest BCUT2D eigenvalue weighted by Crippen LogP contribution is -2.08. The molecule has 0 fully saturated rings. The number of pyridine rings is 1. The van der Waals surface area contributed by atoms with Crippen LogP contribution in [-0.4, -0.2) is 128 Å². The molecule has 0 aliphatic carbocycles. The summed E-state index contributed by atoms with van der Waals surface area (Å²) in [5.41, 5.74) is -0.731. The van der Waals surface area contributed by atoms with Crippen molar-refractivity contribution in [1.29, 1.82) is 5.26 Å². The summed E-state index contributed by atoms with van der Waals surface area (Å²) >= 11 is 1.57. The highest BCUT2D eigenvalue weighted by Crippen LogP contribution is 2.46. The molecule has 84 heavy (non-hydrogen) atoms. The van der Waals surface area contributed by atoms with Gasteiger partial charge in [-0.3, -0.25) is 31.7 Å². The lowest BCUT2D eigenvalue weighted by Gasteiger charge is -2.12. The smallest absolute Gasteiger partial charge is 0.300 e. The van der Waals surface area contributed by atoms with Crippen molar-refractivity contribution in [3.63, 3.8) is 0 Å². The van der Waals surface area contributed by atoms with Crippen LogP contribution in [0.1, 0.15) is 35.1 Å². The lowest BCUT2D eigenvalue weighted by atomic mass is 10.1. The van der Waals surface area contributed by atoms with Crippen LogP contribution in [0.5, 0.6) is 17.4 Å². The summed E-state index contributed by atoms with van der Waals surface area (Å²) in [4.78, 5) is 4.81. The fourth-order valence-corrected chi connectivity index (χ4v) is 14.1. The molecule has 0 unspecified atom stereocenters. The molecule has 0 amide bonds. The highest BCUT2D eigenvalue weighted by Gasteiger charge is 2.30. The Morgan fingerprint density at radius 3 is 1.86 bits per heavy atom. The van der Waals surface area contributed by atoms with Gasteiger partial charge in [0.05, 0.1) is 57.4 Å². The van der Waals surface area contributed by atoms with Crippen LogP contribution in [0.3, 0.4) is 0 Å². The van der Waals surface area contributed by atoms with Gasteiger partial charge < -0.3 is 14.6 Å². The predicted octanol–water partition coefficient (Wildman–Crippen LogP) is 9.02. The van der Waals surface area contributed by atoms with E-state index in [1.807, 2.05) is 6.07 Å². The number of benzene rings is 5. The number of rotatable bonds is 21. The Morgan fingerprint density at radius 2 is 1.25 bits per heavy atom. The average Bonchev–Trinajstić information content (AvgIpc) is 1.55. The number of aromatic hydroxyl groups is 1. The van der Waals surface area contributed by atoms with Crippen molar-refractivity contribution < 1.29 is 92.4 Å². The van der Waals surface area contributed by atoms with Crippen LogP contribution in [0.4, 0.5) is 33.6 Å². The number of nitriles is 1. The summed E-state index contributed by atoms with van der Waals surface area (Å²) in [5.74, 6) is -2.35. The molecule has 31 nitrogen and oxygen atoms in total. The van der Waals surface area contributed by atoms with E-state index in [1.165, 1.54) is 43.3 Å². The van der Waals surface area contributed by atoms with Gasteiger partial charge in [0.1, 0.15) is 49.6 Å². The van der Waals surface area contributed by atoms with Gasteiger partial charge in [0.15, 0.2) is 16.2 Å². The van der Waals surface area contributed by atoms with Gasteiger partial charge in [-0.2, -0.15) is 60.9 Å². The molecule has 0 radical (unpaired) electrons. The van der Waals surface area contributed by atoms with Crippen LogP contribution < -0.4 is 9.47 Å². The van der Waals surface area contributed by atoms with Crippen molar-refractivity contribution in [2.24, 2.45) is 30.7 Å². The van der Waals surface area contributed by atoms with E-state index in [-0.39, 0.29) is 113 Å². The molecule has 0 aliphatic heterocycles. The van der Waals surface area contributed by atoms with Crippen molar-refractivity contribution in [2.75, 3.05) is 31.0 Å². The lowest BCUT2D eigenvalue weighted by molar-refractivity contribution is 0.317. The summed E-state index contributed by atoms with van der Waals surface area (Å²) in [5, 5.41) is 46.4. The second kappa shape index (κ2) is 23.3. The van der Waals surface area contributed by atoms with E-state index in [0.29, 0.717) is 34.6 Å². The molecule has 8 aromatic rings. The number of ether oxygens (including phenoxy) is 2. The Bertz CT molecular complexity index is 4970. The maximum atomic E-state index is 12.6. The van der Waals surface area contributed by atoms with Crippen molar-refractivity contribution in [1.82, 2.24) is 14.4 Å². The van der Waals surface area contributed by atoms with Crippen LogP contribution in [-0.2, 0) is 60.7 Å². The summed E-state index contributed by atoms with van der Waals surface area (Å²) in [7, 11) is -28.3. The Morgan fingerprint density at radius 1 is 0.643 bits per heavy atom. The number of hydrogen-bond donors (Lipinski definition) is 7. The largest absolute Gasteiger partial charge is 0.495 e. The average molecular weight is 1310 g/mol. The molecule has 0 saturated heterocycles. The number of hydrogen-bond acceptors (Lipinski definition) is 26. The first-order valence-corrected chi connectivity index (χ1v) is 33.9. The highest BCUT2D eigenvalue weighted by atomic mass is 32.2. The van der Waals surface area contributed by atoms with E-state index in [2.05, 4.69) is 40.7 Å². The summed E-state index contributed by atoms with van der Waals surface area (Å²) in [6, 6.07) is 11.9. The topological polar surface area (TPSA) is 493 Å². The third-order valence-electron chi connectivity index (χ3n) is 12.0. The van der Waals surface area contributed by atoms with Crippen molar-refractivity contribution >= 4 is 155 Å². The predicted molar refractivity (Wildman–Crippen MR) is 300 cm³/mol. The number of fused-ring (bicyclic) bond motifs is 6. The van der Waals surface area contributed by atoms with E-state index in [4.69, 9.17) is 9.47 Å². The molecule has 7 N–H and O–H groups in total. The summed E-state index contributed by atoms with van der Waals surface area (Å²) in [6.07, 6.45) is -0.302. The molecule has 5 aromatic carbocycles. The highest BCUT2D eigenvalue weighted by molar-refractivity contribution is 7.99. The number of methoxy groups -OCH3 is 1. The maximum Gasteiger partial charge on any atom is 0.300 e. The summed E-state index contributed by atoms with van der Waals surface area (Å²) < 4.78 is 216. The fraction of sp³-hybridized carbons (Fsp3) is 0.222. The van der Waals surface area contributed by atoms with Crippen LogP contribution in [0.25, 0.3) is 37.7 Å². The van der Waals surface area contributed by atoms with Crippen LogP contribution in [0, 0.1) is 32.1 Å². The number of thioether (sulfide) groups is 1. The molecule has 0 saturated carbocycles. The van der Waals surface area contributed by atoms with E-state index in [0.717, 1.165) is 29.3 Å². The van der Waals surface area contributed by atoms with Gasteiger partial charge in [-0.25, -0.2) is 9.97 Å². The van der Waals surface area contributed by atoms with Gasteiger partial charge in [0, 0.05) is 27.3 Å². The Hall–Kier alpha value is -7.30. The molecule has 0 bridgehead atoms. The second-order valence-electron chi connectivity index (χ2n) is 17.8. The van der Waals surface area contributed by atoms with Crippen molar-refractivity contribution in [3.05, 3.63) is 76.9 Å². The van der Waals surface area contributed by atoms with E-state index in [9.17, 15) is 88.2 Å². The Kier molecular flexibility index (Phi) is 17.4. The zero-order valence-electron chi connectivity index (χ0n) is 43.0. The van der Waals surface area contributed by atoms with Gasteiger partial charge in [0.25, 0.3) is 60.7 Å². The Labute approximate surface area is 484 Å². The first-order valence-electron chi connectivity index (χ1n) is 23.2.